The van der Waals surface area contributed by atoms with Crippen LogP contribution in [0.1, 0.15) is 45.6 Å². The number of alkyl carbamates (subject to hydrolysis) is 1. The van der Waals surface area contributed by atoms with Crippen molar-refractivity contribution in [1.82, 2.24) is 29.6 Å². The van der Waals surface area contributed by atoms with Crippen molar-refractivity contribution in [2.75, 3.05) is 5.32 Å². The minimum Gasteiger partial charge on any atom is -0.444 e. The Morgan fingerprint density at radius 1 is 1.00 bits per heavy atom. The third kappa shape index (κ3) is 4.32. The lowest BCUT2D eigenvalue weighted by Crippen LogP contribution is -2.52. The summed E-state index contributed by atoms with van der Waals surface area (Å²) in [4.78, 5) is 22.7. The fourth-order valence-corrected chi connectivity index (χ4v) is 5.94. The van der Waals surface area contributed by atoms with Gasteiger partial charge in [0.25, 0.3) is 0 Å². The molecule has 1 aliphatic carbocycles. The lowest BCUT2D eigenvalue weighted by Gasteiger charge is -2.43. The summed E-state index contributed by atoms with van der Waals surface area (Å²) < 4.78 is 9.64. The molecule has 5 aromatic rings. The van der Waals surface area contributed by atoms with Crippen LogP contribution in [0.25, 0.3) is 39.7 Å². The van der Waals surface area contributed by atoms with Crippen LogP contribution in [0.5, 0.6) is 0 Å². The first-order valence-electron chi connectivity index (χ1n) is 14.3. The number of fused-ring (bicyclic) bond motifs is 5. The van der Waals surface area contributed by atoms with Gasteiger partial charge in [-0.15, -0.1) is 0 Å². The van der Waals surface area contributed by atoms with Gasteiger partial charge in [0.15, 0.2) is 5.82 Å². The van der Waals surface area contributed by atoms with Gasteiger partial charge in [-0.25, -0.2) is 14.8 Å². The van der Waals surface area contributed by atoms with E-state index in [9.17, 15) is 4.79 Å². The Labute approximate surface area is 244 Å². The summed E-state index contributed by atoms with van der Waals surface area (Å²) in [6, 6.07) is 22.6. The highest BCUT2D eigenvalue weighted by Gasteiger charge is 2.41. The SMILES string of the molecule is Cn1nccc1-c1nc2n(c1-c1ccc(C3(NC(=O)OC(C)(C)C)CCC3)cc1)-c1cccnc1Nc1ccccc1-2. The molecule has 0 unspecified atom stereocenters. The number of aryl methyl sites for hydroxylation is 1. The van der Waals surface area contributed by atoms with Gasteiger partial charge in [-0.2, -0.15) is 5.10 Å². The van der Waals surface area contributed by atoms with Crippen molar-refractivity contribution in [3.8, 4) is 39.7 Å². The minimum atomic E-state index is -0.556. The minimum absolute atomic E-state index is 0.388. The smallest absolute Gasteiger partial charge is 0.408 e. The molecule has 2 aliphatic rings. The van der Waals surface area contributed by atoms with Crippen molar-refractivity contribution >= 4 is 17.6 Å². The number of hydrogen-bond donors (Lipinski definition) is 2. The maximum absolute atomic E-state index is 12.7. The predicted octanol–water partition coefficient (Wildman–Crippen LogP) is 6.96. The average Bonchev–Trinajstić information content (AvgIpc) is 3.50. The largest absolute Gasteiger partial charge is 0.444 e. The van der Waals surface area contributed by atoms with Crippen LogP contribution < -0.4 is 10.6 Å². The normalized spacial score (nSPS) is 14.9. The van der Waals surface area contributed by atoms with E-state index in [-0.39, 0.29) is 6.09 Å². The van der Waals surface area contributed by atoms with Crippen LogP contribution in [0.15, 0.2) is 79.1 Å². The van der Waals surface area contributed by atoms with Crippen molar-refractivity contribution < 1.29 is 9.53 Å². The third-order valence-corrected chi connectivity index (χ3v) is 8.05. The topological polar surface area (TPSA) is 98.9 Å². The molecule has 1 saturated carbocycles. The molecule has 0 radical (unpaired) electrons. The molecule has 2 aromatic carbocycles. The molecule has 0 atom stereocenters. The second kappa shape index (κ2) is 9.58. The van der Waals surface area contributed by atoms with E-state index < -0.39 is 11.1 Å². The standard InChI is InChI=1S/C33H33N7O2/c1-32(2,3)42-31(41)38-33(17-8-18-33)22-14-12-21(13-15-22)28-27(25-16-20-35-39(25)4)37-30-23-9-5-6-10-24(23)36-29-26(40(28)30)11-7-19-34-29/h5-7,9-16,19-20H,8,17-18H2,1-4H3,(H,34,36)(H,38,41). The van der Waals surface area contributed by atoms with Crippen LogP contribution in [-0.4, -0.2) is 36.0 Å². The van der Waals surface area contributed by atoms with Crippen LogP contribution in [0, 0.1) is 0 Å². The van der Waals surface area contributed by atoms with E-state index in [4.69, 9.17) is 9.72 Å². The fourth-order valence-electron chi connectivity index (χ4n) is 5.94. The molecule has 212 valence electrons. The molecule has 0 spiro atoms. The number of nitrogens with one attached hydrogen (secondary N) is 2. The lowest BCUT2D eigenvalue weighted by molar-refractivity contribution is 0.0377. The number of ether oxygens (including phenoxy) is 1. The molecule has 1 amide bonds. The highest BCUT2D eigenvalue weighted by atomic mass is 16.6. The molecule has 4 heterocycles. The number of anilines is 2. The van der Waals surface area contributed by atoms with E-state index >= 15 is 0 Å². The van der Waals surface area contributed by atoms with Crippen molar-refractivity contribution in [1.29, 1.82) is 0 Å². The van der Waals surface area contributed by atoms with Crippen LogP contribution in [-0.2, 0) is 17.3 Å². The lowest BCUT2D eigenvalue weighted by atomic mass is 9.71. The molecule has 7 rings (SSSR count). The first-order valence-corrected chi connectivity index (χ1v) is 14.3. The number of pyridine rings is 1. The zero-order chi connectivity index (χ0) is 29.1. The number of aromatic nitrogens is 5. The Kier molecular flexibility index (Phi) is 5.93. The number of carbonyl (C=O) groups is 1. The molecule has 3 aromatic heterocycles. The molecule has 0 bridgehead atoms. The summed E-state index contributed by atoms with van der Waals surface area (Å²) in [5.41, 5.74) is 6.59. The number of nitrogens with zero attached hydrogens (tertiary/aromatic N) is 5. The van der Waals surface area contributed by atoms with E-state index in [1.807, 2.05) is 62.8 Å². The van der Waals surface area contributed by atoms with E-state index in [0.29, 0.717) is 0 Å². The van der Waals surface area contributed by atoms with Crippen LogP contribution >= 0.6 is 0 Å². The van der Waals surface area contributed by atoms with Crippen LogP contribution in [0.4, 0.5) is 16.3 Å². The van der Waals surface area contributed by atoms with Gasteiger partial charge < -0.3 is 15.4 Å². The molecule has 1 aliphatic heterocycles. The van der Waals surface area contributed by atoms with Crippen molar-refractivity contribution in [3.63, 3.8) is 0 Å². The summed E-state index contributed by atoms with van der Waals surface area (Å²) in [7, 11) is 1.93. The summed E-state index contributed by atoms with van der Waals surface area (Å²) in [6.45, 7) is 5.64. The Morgan fingerprint density at radius 3 is 2.48 bits per heavy atom. The third-order valence-electron chi connectivity index (χ3n) is 8.05. The first-order chi connectivity index (χ1) is 20.2. The van der Waals surface area contributed by atoms with E-state index in [0.717, 1.165) is 76.1 Å². The molecule has 0 saturated heterocycles. The Balaban J connectivity index is 1.39. The molecule has 1 fully saturated rings. The molecule has 9 nitrogen and oxygen atoms in total. The Morgan fingerprint density at radius 2 is 1.79 bits per heavy atom. The van der Waals surface area contributed by atoms with Crippen molar-refractivity contribution in [2.45, 2.75) is 51.2 Å². The summed E-state index contributed by atoms with van der Waals surface area (Å²) in [5.74, 6) is 1.58. The van der Waals surface area contributed by atoms with Gasteiger partial charge in [0, 0.05) is 30.6 Å². The van der Waals surface area contributed by atoms with Crippen LogP contribution in [0.3, 0.4) is 0 Å². The number of hydrogen-bond acceptors (Lipinski definition) is 6. The van der Waals surface area contributed by atoms with Crippen LogP contribution in [0.2, 0.25) is 0 Å². The molecule has 9 heteroatoms. The average molecular weight is 560 g/mol. The van der Waals surface area contributed by atoms with Gasteiger partial charge in [-0.3, -0.25) is 9.25 Å². The number of rotatable bonds is 4. The van der Waals surface area contributed by atoms with Gasteiger partial charge in [0.05, 0.1) is 28.3 Å². The van der Waals surface area contributed by atoms with Gasteiger partial charge in [0.2, 0.25) is 0 Å². The maximum atomic E-state index is 12.7. The highest BCUT2D eigenvalue weighted by Crippen LogP contribution is 2.46. The predicted molar refractivity (Wildman–Crippen MR) is 163 cm³/mol. The fraction of sp³-hybridized carbons (Fsp3) is 0.273. The number of amides is 1. The van der Waals surface area contributed by atoms with Gasteiger partial charge in [0.1, 0.15) is 17.1 Å². The van der Waals surface area contributed by atoms with Gasteiger partial charge in [-0.05, 0) is 75.9 Å². The van der Waals surface area contributed by atoms with Crippen molar-refractivity contribution in [3.05, 3.63) is 84.7 Å². The number of carbonyl (C=O) groups excluding carboxylic acids is 1. The zero-order valence-corrected chi connectivity index (χ0v) is 24.2. The number of imidazole rings is 1. The maximum Gasteiger partial charge on any atom is 0.408 e. The summed E-state index contributed by atoms with van der Waals surface area (Å²) in [6.07, 6.45) is 5.99. The Bertz CT molecular complexity index is 1810. The second-order valence-electron chi connectivity index (χ2n) is 12.0. The number of para-hydroxylation sites is 1. The zero-order valence-electron chi connectivity index (χ0n) is 24.2. The van der Waals surface area contributed by atoms with E-state index in [1.165, 1.54) is 0 Å². The summed E-state index contributed by atoms with van der Waals surface area (Å²) >= 11 is 0. The molecule has 2 N–H and O–H groups in total. The summed E-state index contributed by atoms with van der Waals surface area (Å²) in [5, 5.41) is 11.1. The number of benzene rings is 2. The first kappa shape index (κ1) is 26.0. The molecular formula is C33H33N7O2. The Hall–Kier alpha value is -4.92. The van der Waals surface area contributed by atoms with Gasteiger partial charge >= 0.3 is 6.09 Å². The molecule has 42 heavy (non-hydrogen) atoms. The quantitative estimate of drug-likeness (QED) is 0.242. The van der Waals surface area contributed by atoms with E-state index in [2.05, 4.69) is 61.7 Å². The van der Waals surface area contributed by atoms with Gasteiger partial charge in [-0.1, -0.05) is 36.4 Å². The molecular weight excluding hydrogens is 526 g/mol. The van der Waals surface area contributed by atoms with Crippen molar-refractivity contribution in [2.24, 2.45) is 7.05 Å². The monoisotopic (exact) mass is 559 g/mol. The highest BCUT2D eigenvalue weighted by molar-refractivity contribution is 5.90. The van der Waals surface area contributed by atoms with E-state index in [1.54, 1.807) is 12.4 Å². The second-order valence-corrected chi connectivity index (χ2v) is 12.0.